The fraction of sp³-hybridized carbons (Fsp3) is 0.348. The highest BCUT2D eigenvalue weighted by molar-refractivity contribution is 5.91. The molecule has 4 nitrogen and oxygen atoms in total. The van der Waals surface area contributed by atoms with E-state index in [4.69, 9.17) is 0 Å². The van der Waals surface area contributed by atoms with E-state index >= 15 is 0 Å². The number of H-pyrrole nitrogens is 1. The van der Waals surface area contributed by atoms with Gasteiger partial charge in [-0.25, -0.2) is 4.79 Å². The number of amides is 2. The average molecular weight is 364 g/mol. The second-order valence-corrected chi connectivity index (χ2v) is 7.61. The largest absolute Gasteiger partial charge is 0.361 e. The van der Waals surface area contributed by atoms with Crippen molar-refractivity contribution in [1.29, 1.82) is 0 Å². The number of carbonyl (C=O) groups is 1. The molecule has 0 spiro atoms. The minimum atomic E-state index is -0.148. The van der Waals surface area contributed by atoms with Crippen molar-refractivity contribution in [3.05, 3.63) is 65.4 Å². The van der Waals surface area contributed by atoms with Crippen molar-refractivity contribution in [1.82, 2.24) is 10.3 Å². The van der Waals surface area contributed by atoms with Crippen molar-refractivity contribution >= 4 is 22.6 Å². The topological polar surface area (TPSA) is 56.9 Å². The molecule has 3 N–H and O–H groups in total. The van der Waals surface area contributed by atoms with Crippen LogP contribution in [0.2, 0.25) is 0 Å². The van der Waals surface area contributed by atoms with E-state index < -0.39 is 0 Å². The number of para-hydroxylation sites is 2. The third-order valence-corrected chi connectivity index (χ3v) is 4.97. The summed E-state index contributed by atoms with van der Waals surface area (Å²) >= 11 is 0. The van der Waals surface area contributed by atoms with Crippen molar-refractivity contribution in [2.75, 3.05) is 11.9 Å². The van der Waals surface area contributed by atoms with Gasteiger partial charge in [-0.1, -0.05) is 64.1 Å². The van der Waals surface area contributed by atoms with E-state index in [9.17, 15) is 4.79 Å². The molecule has 0 saturated heterocycles. The van der Waals surface area contributed by atoms with Gasteiger partial charge in [-0.2, -0.15) is 0 Å². The van der Waals surface area contributed by atoms with Crippen LogP contribution >= 0.6 is 0 Å². The standard InChI is InChI=1S/C23H29N3O/c1-15(2)18-9-7-10-19(16(3)4)22(18)26-23(27)24-13-12-17-14-25-21-11-6-5-8-20(17)21/h5-11,14-16,25H,12-13H2,1-4H3,(H2,24,26,27). The van der Waals surface area contributed by atoms with Gasteiger partial charge in [-0.05, 0) is 41.0 Å². The van der Waals surface area contributed by atoms with Crippen molar-refractivity contribution in [2.24, 2.45) is 0 Å². The van der Waals surface area contributed by atoms with Crippen LogP contribution in [0.25, 0.3) is 10.9 Å². The van der Waals surface area contributed by atoms with E-state index in [2.05, 4.69) is 73.6 Å². The first kappa shape index (κ1) is 19.0. The second kappa shape index (κ2) is 8.30. The molecule has 0 bridgehead atoms. The molecule has 2 aromatic carbocycles. The molecule has 0 unspecified atom stereocenters. The number of rotatable bonds is 6. The van der Waals surface area contributed by atoms with Gasteiger partial charge in [-0.3, -0.25) is 0 Å². The summed E-state index contributed by atoms with van der Waals surface area (Å²) in [6.07, 6.45) is 2.81. The van der Waals surface area contributed by atoms with Gasteiger partial charge in [0.05, 0.1) is 0 Å². The number of hydrogen-bond acceptors (Lipinski definition) is 1. The number of urea groups is 1. The van der Waals surface area contributed by atoms with E-state index in [0.29, 0.717) is 18.4 Å². The van der Waals surface area contributed by atoms with Crippen LogP contribution in [-0.2, 0) is 6.42 Å². The summed E-state index contributed by atoms with van der Waals surface area (Å²) < 4.78 is 0. The molecule has 3 rings (SSSR count). The lowest BCUT2D eigenvalue weighted by molar-refractivity contribution is 0.252. The van der Waals surface area contributed by atoms with E-state index in [1.165, 1.54) is 22.1 Å². The number of nitrogens with one attached hydrogen (secondary N) is 3. The third kappa shape index (κ3) is 4.33. The highest BCUT2D eigenvalue weighted by Crippen LogP contribution is 2.32. The maximum absolute atomic E-state index is 12.5. The molecular formula is C23H29N3O. The van der Waals surface area contributed by atoms with Crippen LogP contribution in [-0.4, -0.2) is 17.6 Å². The van der Waals surface area contributed by atoms with Gasteiger partial charge in [0.25, 0.3) is 0 Å². The summed E-state index contributed by atoms with van der Waals surface area (Å²) in [7, 11) is 0. The lowest BCUT2D eigenvalue weighted by Crippen LogP contribution is -2.31. The monoisotopic (exact) mass is 363 g/mol. The van der Waals surface area contributed by atoms with Gasteiger partial charge in [-0.15, -0.1) is 0 Å². The third-order valence-electron chi connectivity index (χ3n) is 4.97. The first-order chi connectivity index (χ1) is 13.0. The summed E-state index contributed by atoms with van der Waals surface area (Å²) in [6, 6.07) is 14.3. The average Bonchev–Trinajstić information content (AvgIpc) is 3.05. The van der Waals surface area contributed by atoms with Gasteiger partial charge in [0, 0.05) is 29.3 Å². The predicted octanol–water partition coefficient (Wildman–Crippen LogP) is 5.78. The fourth-order valence-corrected chi connectivity index (χ4v) is 3.50. The van der Waals surface area contributed by atoms with Gasteiger partial charge in [0.1, 0.15) is 0 Å². The van der Waals surface area contributed by atoms with E-state index in [0.717, 1.165) is 17.6 Å². The summed E-state index contributed by atoms with van der Waals surface area (Å²) in [4.78, 5) is 15.8. The molecule has 0 fully saturated rings. The fourth-order valence-electron chi connectivity index (χ4n) is 3.50. The molecule has 0 aliphatic rings. The number of fused-ring (bicyclic) bond motifs is 1. The van der Waals surface area contributed by atoms with Gasteiger partial charge in [0.15, 0.2) is 0 Å². The highest BCUT2D eigenvalue weighted by atomic mass is 16.2. The zero-order valence-corrected chi connectivity index (χ0v) is 16.6. The summed E-state index contributed by atoms with van der Waals surface area (Å²) in [6.45, 7) is 9.20. The summed E-state index contributed by atoms with van der Waals surface area (Å²) in [5.41, 5.74) is 5.65. The Morgan fingerprint density at radius 3 is 2.30 bits per heavy atom. The van der Waals surface area contributed by atoms with Crippen LogP contribution in [0.15, 0.2) is 48.7 Å². The predicted molar refractivity (Wildman–Crippen MR) is 114 cm³/mol. The minimum absolute atomic E-state index is 0.148. The molecule has 0 radical (unpaired) electrons. The molecule has 0 atom stereocenters. The SMILES string of the molecule is CC(C)c1cccc(C(C)C)c1NC(=O)NCCc1c[nH]c2ccccc12. The molecule has 142 valence electrons. The normalized spacial score (nSPS) is 11.3. The van der Waals surface area contributed by atoms with Gasteiger partial charge in [0.2, 0.25) is 0 Å². The lowest BCUT2D eigenvalue weighted by Gasteiger charge is -2.20. The van der Waals surface area contributed by atoms with Crippen molar-refractivity contribution in [2.45, 2.75) is 46.0 Å². The molecule has 2 amide bonds. The second-order valence-electron chi connectivity index (χ2n) is 7.61. The van der Waals surface area contributed by atoms with E-state index in [1.54, 1.807) is 0 Å². The first-order valence-electron chi connectivity index (χ1n) is 9.70. The van der Waals surface area contributed by atoms with Crippen LogP contribution in [0.3, 0.4) is 0 Å². The number of carbonyl (C=O) groups excluding carboxylic acids is 1. The highest BCUT2D eigenvalue weighted by Gasteiger charge is 2.15. The Balaban J connectivity index is 1.66. The van der Waals surface area contributed by atoms with E-state index in [-0.39, 0.29) is 6.03 Å². The number of benzene rings is 2. The van der Waals surface area contributed by atoms with Gasteiger partial charge >= 0.3 is 6.03 Å². The molecular weight excluding hydrogens is 334 g/mol. The molecule has 0 aliphatic heterocycles. The Hall–Kier alpha value is -2.75. The number of anilines is 1. The Labute approximate surface area is 161 Å². The van der Waals surface area contributed by atoms with Crippen LogP contribution in [0.5, 0.6) is 0 Å². The zero-order valence-electron chi connectivity index (χ0n) is 16.6. The van der Waals surface area contributed by atoms with E-state index in [1.807, 2.05) is 18.3 Å². The van der Waals surface area contributed by atoms with Crippen LogP contribution in [0.4, 0.5) is 10.5 Å². The van der Waals surface area contributed by atoms with Crippen LogP contribution < -0.4 is 10.6 Å². The van der Waals surface area contributed by atoms with Gasteiger partial charge < -0.3 is 15.6 Å². The Morgan fingerprint density at radius 1 is 0.963 bits per heavy atom. The molecule has 27 heavy (non-hydrogen) atoms. The maximum Gasteiger partial charge on any atom is 0.319 e. The smallest absolute Gasteiger partial charge is 0.319 e. The van der Waals surface area contributed by atoms with Crippen molar-refractivity contribution in [3.8, 4) is 0 Å². The lowest BCUT2D eigenvalue weighted by atomic mass is 9.93. The Morgan fingerprint density at radius 2 is 1.63 bits per heavy atom. The Kier molecular flexibility index (Phi) is 5.84. The Bertz CT molecular complexity index is 898. The molecule has 4 heteroatoms. The van der Waals surface area contributed by atoms with Crippen LogP contribution in [0.1, 0.15) is 56.2 Å². The molecule has 1 heterocycles. The summed E-state index contributed by atoms with van der Waals surface area (Å²) in [5, 5.41) is 7.32. The quantitative estimate of drug-likeness (QED) is 0.511. The zero-order chi connectivity index (χ0) is 19.4. The number of aromatic amines is 1. The number of hydrogen-bond donors (Lipinski definition) is 3. The molecule has 3 aromatic rings. The molecule has 0 saturated carbocycles. The summed E-state index contributed by atoms with van der Waals surface area (Å²) in [5.74, 6) is 0.704. The minimum Gasteiger partial charge on any atom is -0.361 e. The first-order valence-corrected chi connectivity index (χ1v) is 9.70. The van der Waals surface area contributed by atoms with Crippen molar-refractivity contribution in [3.63, 3.8) is 0 Å². The maximum atomic E-state index is 12.5. The van der Waals surface area contributed by atoms with Crippen LogP contribution in [0, 0.1) is 0 Å². The molecule has 0 aliphatic carbocycles. The number of aromatic nitrogens is 1. The van der Waals surface area contributed by atoms with Crippen molar-refractivity contribution < 1.29 is 4.79 Å². The molecule has 1 aromatic heterocycles.